The number of ether oxygens (including phenoxy) is 2. The van der Waals surface area contributed by atoms with Crippen molar-refractivity contribution in [2.45, 2.75) is 57.9 Å². The van der Waals surface area contributed by atoms with E-state index in [4.69, 9.17) is 14.5 Å². The summed E-state index contributed by atoms with van der Waals surface area (Å²) in [6, 6.07) is 8.52. The van der Waals surface area contributed by atoms with Crippen LogP contribution in [0.3, 0.4) is 0 Å². The van der Waals surface area contributed by atoms with Gasteiger partial charge in [-0.2, -0.15) is 0 Å². The molecule has 0 saturated carbocycles. The molecule has 2 saturated heterocycles. The lowest BCUT2D eigenvalue weighted by Gasteiger charge is -2.22. The Balaban J connectivity index is 1.61. The average molecular weight is 317 g/mol. The lowest BCUT2D eigenvalue weighted by molar-refractivity contribution is 0.0992. The number of guanidine groups is 1. The molecule has 0 radical (unpaired) electrons. The maximum Gasteiger partial charge on any atom is 0.191 e. The fourth-order valence-electron chi connectivity index (χ4n) is 3.36. The van der Waals surface area contributed by atoms with Crippen molar-refractivity contribution in [2.24, 2.45) is 4.99 Å². The summed E-state index contributed by atoms with van der Waals surface area (Å²) in [5, 5.41) is 6.87. The van der Waals surface area contributed by atoms with E-state index in [2.05, 4.69) is 29.7 Å². The number of hydrogen-bond acceptors (Lipinski definition) is 3. The Hall–Kier alpha value is -1.75. The third-order valence-electron chi connectivity index (χ3n) is 4.40. The number of hydrogen-bond donors (Lipinski definition) is 2. The van der Waals surface area contributed by atoms with E-state index in [1.807, 2.05) is 19.1 Å². The zero-order valence-corrected chi connectivity index (χ0v) is 14.0. The van der Waals surface area contributed by atoms with Gasteiger partial charge in [0.2, 0.25) is 0 Å². The highest BCUT2D eigenvalue weighted by molar-refractivity contribution is 5.80. The molecule has 2 aliphatic rings. The maximum atomic E-state index is 5.91. The largest absolute Gasteiger partial charge is 0.494 e. The van der Waals surface area contributed by atoms with E-state index in [-0.39, 0.29) is 0 Å². The zero-order valence-electron chi connectivity index (χ0n) is 14.0. The molecule has 2 fully saturated rings. The first-order valence-electron chi connectivity index (χ1n) is 8.70. The van der Waals surface area contributed by atoms with Crippen LogP contribution in [0.4, 0.5) is 0 Å². The second-order valence-corrected chi connectivity index (χ2v) is 6.14. The minimum atomic E-state index is 0.352. The molecule has 3 atom stereocenters. The summed E-state index contributed by atoms with van der Waals surface area (Å²) in [4.78, 5) is 4.72. The predicted octanol–water partition coefficient (Wildman–Crippen LogP) is 2.46. The summed E-state index contributed by atoms with van der Waals surface area (Å²) in [5.41, 5.74) is 1.15. The molecule has 23 heavy (non-hydrogen) atoms. The van der Waals surface area contributed by atoms with Gasteiger partial charge >= 0.3 is 0 Å². The topological polar surface area (TPSA) is 54.9 Å². The smallest absolute Gasteiger partial charge is 0.191 e. The molecule has 2 N–H and O–H groups in total. The van der Waals surface area contributed by atoms with Gasteiger partial charge in [0, 0.05) is 6.54 Å². The third kappa shape index (κ3) is 4.16. The molecule has 0 spiro atoms. The van der Waals surface area contributed by atoms with Gasteiger partial charge in [0.25, 0.3) is 0 Å². The molecule has 2 heterocycles. The first-order valence-corrected chi connectivity index (χ1v) is 8.70. The molecule has 1 aromatic carbocycles. The Morgan fingerprint density at radius 2 is 2.26 bits per heavy atom. The van der Waals surface area contributed by atoms with E-state index in [1.54, 1.807) is 0 Å². The maximum absolute atomic E-state index is 5.91. The first kappa shape index (κ1) is 16.1. The number of fused-ring (bicyclic) bond motifs is 2. The third-order valence-corrected chi connectivity index (χ3v) is 4.40. The van der Waals surface area contributed by atoms with Crippen molar-refractivity contribution in [3.05, 3.63) is 29.8 Å². The van der Waals surface area contributed by atoms with Crippen molar-refractivity contribution in [2.75, 3.05) is 13.2 Å². The normalized spacial score (nSPS) is 26.3. The molecule has 0 aliphatic carbocycles. The van der Waals surface area contributed by atoms with E-state index in [0.29, 0.717) is 31.4 Å². The van der Waals surface area contributed by atoms with Crippen molar-refractivity contribution in [3.63, 3.8) is 0 Å². The predicted molar refractivity (Wildman–Crippen MR) is 91.9 cm³/mol. The molecule has 5 nitrogen and oxygen atoms in total. The van der Waals surface area contributed by atoms with Gasteiger partial charge in [0.05, 0.1) is 31.4 Å². The van der Waals surface area contributed by atoms with Gasteiger partial charge in [-0.3, -0.25) is 0 Å². The summed E-state index contributed by atoms with van der Waals surface area (Å²) in [5.74, 6) is 1.77. The number of nitrogens with one attached hydrogen (secondary N) is 2. The highest BCUT2D eigenvalue weighted by Crippen LogP contribution is 2.34. The van der Waals surface area contributed by atoms with Crippen LogP contribution in [0.25, 0.3) is 0 Å². The van der Waals surface area contributed by atoms with Crippen molar-refractivity contribution < 1.29 is 9.47 Å². The molecule has 0 aromatic heterocycles. The Morgan fingerprint density at radius 1 is 1.35 bits per heavy atom. The second kappa shape index (κ2) is 7.68. The van der Waals surface area contributed by atoms with Crippen LogP contribution >= 0.6 is 0 Å². The lowest BCUT2D eigenvalue weighted by atomic mass is 9.96. The van der Waals surface area contributed by atoms with Crippen molar-refractivity contribution in [1.82, 2.24) is 10.6 Å². The van der Waals surface area contributed by atoms with Gasteiger partial charge in [-0.05, 0) is 50.8 Å². The van der Waals surface area contributed by atoms with Gasteiger partial charge in [0.15, 0.2) is 5.96 Å². The summed E-state index contributed by atoms with van der Waals surface area (Å²) in [6.45, 7) is 6.26. The van der Waals surface area contributed by atoms with Crippen LogP contribution in [-0.4, -0.2) is 37.4 Å². The highest BCUT2D eigenvalue weighted by Gasteiger charge is 2.41. The summed E-state index contributed by atoms with van der Waals surface area (Å²) >= 11 is 0. The Kier molecular flexibility index (Phi) is 5.39. The molecule has 3 rings (SSSR count). The van der Waals surface area contributed by atoms with Gasteiger partial charge in [-0.1, -0.05) is 12.1 Å². The molecular weight excluding hydrogens is 290 g/mol. The van der Waals surface area contributed by atoms with Crippen LogP contribution in [0, 0.1) is 0 Å². The van der Waals surface area contributed by atoms with Crippen LogP contribution in [0.1, 0.15) is 38.7 Å². The Bertz CT molecular complexity index is 547. The van der Waals surface area contributed by atoms with E-state index in [9.17, 15) is 0 Å². The second-order valence-electron chi connectivity index (χ2n) is 6.14. The van der Waals surface area contributed by atoms with Crippen LogP contribution in [0.2, 0.25) is 0 Å². The van der Waals surface area contributed by atoms with Gasteiger partial charge in [-0.25, -0.2) is 4.99 Å². The van der Waals surface area contributed by atoms with E-state index >= 15 is 0 Å². The molecule has 2 bridgehead atoms. The SMILES string of the molecule is CCNC(=NCc1cccc(OCC)c1)NC1CC2CCC1O2. The van der Waals surface area contributed by atoms with E-state index < -0.39 is 0 Å². The van der Waals surface area contributed by atoms with Crippen LogP contribution in [0.15, 0.2) is 29.3 Å². The number of nitrogens with zero attached hydrogens (tertiary/aromatic N) is 1. The number of benzene rings is 1. The fourth-order valence-corrected chi connectivity index (χ4v) is 3.36. The van der Waals surface area contributed by atoms with Crippen molar-refractivity contribution in [1.29, 1.82) is 0 Å². The molecule has 3 unspecified atom stereocenters. The number of rotatable bonds is 6. The highest BCUT2D eigenvalue weighted by atomic mass is 16.5. The summed E-state index contributed by atoms with van der Waals surface area (Å²) < 4.78 is 11.5. The van der Waals surface area contributed by atoms with E-state index in [1.165, 1.54) is 6.42 Å². The minimum absolute atomic E-state index is 0.352. The molecule has 2 aliphatic heterocycles. The fraction of sp³-hybridized carbons (Fsp3) is 0.611. The van der Waals surface area contributed by atoms with Gasteiger partial charge < -0.3 is 20.1 Å². The molecule has 126 valence electrons. The van der Waals surface area contributed by atoms with Crippen LogP contribution < -0.4 is 15.4 Å². The quantitative estimate of drug-likeness (QED) is 0.625. The van der Waals surface area contributed by atoms with E-state index in [0.717, 1.165) is 36.7 Å². The lowest BCUT2D eigenvalue weighted by Crippen LogP contribution is -2.47. The minimum Gasteiger partial charge on any atom is -0.494 e. The molecule has 5 heteroatoms. The molecule has 0 amide bonds. The standard InChI is InChI=1S/C18H27N3O2/c1-3-19-18(21-16-11-15-8-9-17(16)23-15)20-12-13-6-5-7-14(10-13)22-4-2/h5-7,10,15-17H,3-4,8-9,11-12H2,1-2H3,(H2,19,20,21). The van der Waals surface area contributed by atoms with Gasteiger partial charge in [0.1, 0.15) is 5.75 Å². The molecular formula is C18H27N3O2. The Morgan fingerprint density at radius 3 is 2.96 bits per heavy atom. The van der Waals surface area contributed by atoms with Crippen LogP contribution in [0.5, 0.6) is 5.75 Å². The monoisotopic (exact) mass is 317 g/mol. The van der Waals surface area contributed by atoms with Crippen molar-refractivity contribution in [3.8, 4) is 5.75 Å². The summed E-state index contributed by atoms with van der Waals surface area (Å²) in [6.07, 6.45) is 4.27. The van der Waals surface area contributed by atoms with Crippen LogP contribution in [-0.2, 0) is 11.3 Å². The Labute approximate surface area is 138 Å². The first-order chi connectivity index (χ1) is 11.3. The average Bonchev–Trinajstić information content (AvgIpc) is 3.16. The molecule has 1 aromatic rings. The van der Waals surface area contributed by atoms with Crippen molar-refractivity contribution >= 4 is 5.96 Å². The zero-order chi connectivity index (χ0) is 16.1. The summed E-state index contributed by atoms with van der Waals surface area (Å²) in [7, 11) is 0. The number of aliphatic imine (C=N–C) groups is 1. The van der Waals surface area contributed by atoms with Gasteiger partial charge in [-0.15, -0.1) is 0 Å².